The van der Waals surface area contributed by atoms with Crippen molar-refractivity contribution in [2.75, 3.05) is 20.2 Å². The van der Waals surface area contributed by atoms with Gasteiger partial charge in [0.25, 0.3) is 0 Å². The standard InChI is InChI=1S/C25H31NO3S/c1-25(2)21-10-9-20(24(25)17-21)18-26(16-15-19-7-5-4-6-8-19)30(27,28)23-13-11-22(29-3)12-14-23/h4-9,11-14,21,24H,10,15-18H2,1-3H3. The maximum atomic E-state index is 13.6. The van der Waals surface area contributed by atoms with E-state index in [2.05, 4.69) is 32.1 Å². The first-order valence-corrected chi connectivity index (χ1v) is 12.1. The van der Waals surface area contributed by atoms with Crippen molar-refractivity contribution < 1.29 is 13.2 Å². The van der Waals surface area contributed by atoms with E-state index < -0.39 is 10.0 Å². The summed E-state index contributed by atoms with van der Waals surface area (Å²) >= 11 is 0. The van der Waals surface area contributed by atoms with Crippen molar-refractivity contribution in [1.82, 2.24) is 4.31 Å². The molecule has 0 aliphatic heterocycles. The lowest BCUT2D eigenvalue weighted by molar-refractivity contribution is -0.00884. The number of methoxy groups -OCH3 is 1. The molecule has 2 unspecified atom stereocenters. The third-order valence-electron chi connectivity index (χ3n) is 7.13. The van der Waals surface area contributed by atoms with Crippen LogP contribution in [0.2, 0.25) is 0 Å². The van der Waals surface area contributed by atoms with Crippen LogP contribution in [0.15, 0.2) is 71.1 Å². The van der Waals surface area contributed by atoms with Crippen LogP contribution in [0.5, 0.6) is 5.75 Å². The number of rotatable bonds is 8. The molecule has 0 N–H and O–H groups in total. The lowest BCUT2D eigenvalue weighted by Gasteiger charge is -2.57. The maximum absolute atomic E-state index is 13.6. The third-order valence-corrected chi connectivity index (χ3v) is 8.99. The highest BCUT2D eigenvalue weighted by Gasteiger charge is 2.51. The number of fused-ring (bicyclic) bond motifs is 1. The number of hydrogen-bond acceptors (Lipinski definition) is 3. The highest BCUT2D eigenvalue weighted by Crippen LogP contribution is 2.59. The van der Waals surface area contributed by atoms with Crippen LogP contribution in [-0.2, 0) is 16.4 Å². The first-order valence-electron chi connectivity index (χ1n) is 10.7. The van der Waals surface area contributed by atoms with Crippen LogP contribution in [-0.4, -0.2) is 32.9 Å². The lowest BCUT2D eigenvalue weighted by atomic mass is 9.49. The molecule has 3 aliphatic rings. The van der Waals surface area contributed by atoms with E-state index in [1.165, 1.54) is 12.0 Å². The van der Waals surface area contributed by atoms with E-state index in [9.17, 15) is 8.42 Å². The minimum atomic E-state index is -3.60. The second-order valence-electron chi connectivity index (χ2n) is 9.07. The van der Waals surface area contributed by atoms with Crippen molar-refractivity contribution in [2.24, 2.45) is 17.3 Å². The topological polar surface area (TPSA) is 46.6 Å². The van der Waals surface area contributed by atoms with Crippen LogP contribution < -0.4 is 4.74 Å². The minimum Gasteiger partial charge on any atom is -0.497 e. The van der Waals surface area contributed by atoms with Crippen LogP contribution in [0, 0.1) is 17.3 Å². The predicted molar refractivity (Wildman–Crippen MR) is 120 cm³/mol. The molecule has 1 fully saturated rings. The maximum Gasteiger partial charge on any atom is 0.243 e. The van der Waals surface area contributed by atoms with Gasteiger partial charge in [0.2, 0.25) is 10.0 Å². The first-order chi connectivity index (χ1) is 14.3. The van der Waals surface area contributed by atoms with E-state index in [1.54, 1.807) is 35.7 Å². The molecule has 0 heterocycles. The van der Waals surface area contributed by atoms with Crippen molar-refractivity contribution in [1.29, 1.82) is 0 Å². The molecule has 1 saturated carbocycles. The van der Waals surface area contributed by atoms with Gasteiger partial charge in [-0.05, 0) is 66.3 Å². The number of allylic oxidation sites excluding steroid dienone is 1. The lowest BCUT2D eigenvalue weighted by Crippen LogP contribution is -2.50. The van der Waals surface area contributed by atoms with Crippen LogP contribution in [0.3, 0.4) is 0 Å². The van der Waals surface area contributed by atoms with Crippen LogP contribution in [0.4, 0.5) is 0 Å². The Hall–Kier alpha value is -2.11. The predicted octanol–water partition coefficient (Wildman–Crippen LogP) is 4.92. The monoisotopic (exact) mass is 425 g/mol. The summed E-state index contributed by atoms with van der Waals surface area (Å²) in [7, 11) is -2.02. The molecule has 4 nitrogen and oxygen atoms in total. The Morgan fingerprint density at radius 1 is 1.07 bits per heavy atom. The molecule has 0 saturated heterocycles. The summed E-state index contributed by atoms with van der Waals surface area (Å²) < 4.78 is 34.0. The Morgan fingerprint density at radius 2 is 1.77 bits per heavy atom. The minimum absolute atomic E-state index is 0.277. The summed E-state index contributed by atoms with van der Waals surface area (Å²) in [6.45, 7) is 5.59. The molecule has 30 heavy (non-hydrogen) atoms. The molecule has 0 radical (unpaired) electrons. The average Bonchev–Trinajstić information content (AvgIpc) is 2.77. The van der Waals surface area contributed by atoms with Crippen LogP contribution in [0.25, 0.3) is 0 Å². The van der Waals surface area contributed by atoms with E-state index in [1.807, 2.05) is 18.2 Å². The molecular formula is C25H31NO3S. The summed E-state index contributed by atoms with van der Waals surface area (Å²) in [6, 6.07) is 16.8. The molecule has 5 rings (SSSR count). The Labute approximate surface area is 180 Å². The van der Waals surface area contributed by atoms with Gasteiger partial charge in [-0.3, -0.25) is 0 Å². The molecule has 0 spiro atoms. The summed E-state index contributed by atoms with van der Waals surface area (Å²) in [5, 5.41) is 0. The van der Waals surface area contributed by atoms with E-state index >= 15 is 0 Å². The zero-order valence-electron chi connectivity index (χ0n) is 18.0. The molecule has 2 atom stereocenters. The van der Waals surface area contributed by atoms with Gasteiger partial charge in [-0.1, -0.05) is 55.8 Å². The van der Waals surface area contributed by atoms with E-state index in [-0.39, 0.29) is 5.41 Å². The number of sulfonamides is 1. The highest BCUT2D eigenvalue weighted by molar-refractivity contribution is 7.89. The third kappa shape index (κ3) is 3.93. The van der Waals surface area contributed by atoms with Gasteiger partial charge in [-0.2, -0.15) is 4.31 Å². The fraction of sp³-hybridized carbons (Fsp3) is 0.440. The summed E-state index contributed by atoms with van der Waals surface area (Å²) in [5.74, 6) is 1.88. The summed E-state index contributed by atoms with van der Waals surface area (Å²) in [4.78, 5) is 0.318. The van der Waals surface area contributed by atoms with E-state index in [4.69, 9.17) is 4.74 Å². The molecule has 0 amide bonds. The Bertz CT molecular complexity index is 1010. The molecule has 2 bridgehead atoms. The van der Waals surface area contributed by atoms with Crippen LogP contribution in [0.1, 0.15) is 32.3 Å². The van der Waals surface area contributed by atoms with E-state index in [0.29, 0.717) is 36.1 Å². The van der Waals surface area contributed by atoms with E-state index in [0.717, 1.165) is 17.9 Å². The molecule has 160 valence electrons. The number of benzene rings is 2. The quantitative estimate of drug-likeness (QED) is 0.564. The highest BCUT2D eigenvalue weighted by atomic mass is 32.2. The SMILES string of the molecule is COc1ccc(S(=O)(=O)N(CCc2ccccc2)CC2=CCC3CC2C3(C)C)cc1. The van der Waals surface area contributed by atoms with Gasteiger partial charge in [-0.15, -0.1) is 0 Å². The Balaban J connectivity index is 1.60. The van der Waals surface area contributed by atoms with Gasteiger partial charge in [0, 0.05) is 13.1 Å². The normalized spacial score (nSPS) is 22.3. The number of hydrogen-bond donors (Lipinski definition) is 0. The van der Waals surface area contributed by atoms with Crippen molar-refractivity contribution in [3.63, 3.8) is 0 Å². The van der Waals surface area contributed by atoms with Gasteiger partial charge < -0.3 is 4.74 Å². The van der Waals surface area contributed by atoms with Crippen molar-refractivity contribution in [3.05, 3.63) is 71.8 Å². The van der Waals surface area contributed by atoms with Gasteiger partial charge in [0.15, 0.2) is 0 Å². The number of nitrogens with zero attached hydrogens (tertiary/aromatic N) is 1. The molecule has 5 heteroatoms. The zero-order valence-corrected chi connectivity index (χ0v) is 18.9. The van der Waals surface area contributed by atoms with Gasteiger partial charge in [0.05, 0.1) is 12.0 Å². The first kappa shape index (κ1) is 21.1. The molecule has 3 aliphatic carbocycles. The fourth-order valence-electron chi connectivity index (χ4n) is 4.94. The van der Waals surface area contributed by atoms with Crippen molar-refractivity contribution in [2.45, 2.75) is 38.0 Å². The largest absolute Gasteiger partial charge is 0.497 e. The average molecular weight is 426 g/mol. The Kier molecular flexibility index (Phi) is 5.78. The molecule has 0 aromatic heterocycles. The number of ether oxygens (including phenoxy) is 1. The zero-order chi connectivity index (χ0) is 21.4. The van der Waals surface area contributed by atoms with Crippen molar-refractivity contribution >= 4 is 10.0 Å². The molecule has 2 aromatic rings. The summed E-state index contributed by atoms with van der Waals surface area (Å²) in [6.07, 6.45) is 5.24. The second-order valence-corrected chi connectivity index (χ2v) is 11.0. The van der Waals surface area contributed by atoms with Gasteiger partial charge >= 0.3 is 0 Å². The Morgan fingerprint density at radius 3 is 2.37 bits per heavy atom. The fourth-order valence-corrected chi connectivity index (χ4v) is 6.37. The van der Waals surface area contributed by atoms with Crippen molar-refractivity contribution in [3.8, 4) is 5.75 Å². The van der Waals surface area contributed by atoms with Gasteiger partial charge in [-0.25, -0.2) is 8.42 Å². The molecule has 2 aromatic carbocycles. The van der Waals surface area contributed by atoms with Gasteiger partial charge in [0.1, 0.15) is 5.75 Å². The summed E-state index contributed by atoms with van der Waals surface area (Å²) in [5.41, 5.74) is 2.71. The van der Waals surface area contributed by atoms with Crippen LogP contribution >= 0.6 is 0 Å². The smallest absolute Gasteiger partial charge is 0.243 e. The molecular weight excluding hydrogens is 394 g/mol. The second kappa shape index (κ2) is 8.20.